The molecule has 1 aromatic heterocycles. The lowest BCUT2D eigenvalue weighted by Crippen LogP contribution is -2.36. The molecule has 0 bridgehead atoms. The maximum atomic E-state index is 4.41. The van der Waals surface area contributed by atoms with Crippen LogP contribution < -0.4 is 4.90 Å². The number of aromatic nitrogens is 2. The Hall–Kier alpha value is -0.640. The van der Waals surface area contributed by atoms with Crippen LogP contribution in [-0.4, -0.2) is 28.4 Å². The van der Waals surface area contributed by atoms with E-state index in [0.717, 1.165) is 43.0 Å². The molecule has 0 N–H and O–H groups in total. The highest BCUT2D eigenvalue weighted by Gasteiger charge is 2.20. The van der Waals surface area contributed by atoms with Crippen LogP contribution >= 0.6 is 15.9 Å². The largest absolute Gasteiger partial charge is 0.356 e. The van der Waals surface area contributed by atoms with Gasteiger partial charge in [0.15, 0.2) is 0 Å². The normalized spacial score (nSPS) is 20.6. The standard InChI is InChI=1S/C13H20BrN3/c1-2-4-12-7-13(16-10-15-12)17-6-3-5-11(8-14)9-17/h7,10-11H,2-6,8-9H2,1H3. The van der Waals surface area contributed by atoms with Crippen molar-refractivity contribution in [1.82, 2.24) is 9.97 Å². The first-order valence-corrected chi connectivity index (χ1v) is 7.57. The van der Waals surface area contributed by atoms with Crippen molar-refractivity contribution in [3.63, 3.8) is 0 Å². The van der Waals surface area contributed by atoms with Gasteiger partial charge in [-0.1, -0.05) is 29.3 Å². The van der Waals surface area contributed by atoms with Crippen LogP contribution in [0.1, 0.15) is 31.9 Å². The average Bonchev–Trinajstić information content (AvgIpc) is 2.40. The van der Waals surface area contributed by atoms with E-state index in [1.807, 2.05) is 0 Å². The lowest BCUT2D eigenvalue weighted by atomic mass is 10.0. The molecule has 3 nitrogen and oxygen atoms in total. The quantitative estimate of drug-likeness (QED) is 0.800. The molecule has 2 rings (SSSR count). The van der Waals surface area contributed by atoms with Gasteiger partial charge < -0.3 is 4.90 Å². The van der Waals surface area contributed by atoms with Gasteiger partial charge in [-0.25, -0.2) is 9.97 Å². The number of alkyl halides is 1. The van der Waals surface area contributed by atoms with Crippen LogP contribution in [0.4, 0.5) is 5.82 Å². The van der Waals surface area contributed by atoms with Crippen molar-refractivity contribution in [2.75, 3.05) is 23.3 Å². The number of aryl methyl sites for hydroxylation is 1. The average molecular weight is 298 g/mol. The highest BCUT2D eigenvalue weighted by Crippen LogP contribution is 2.23. The first-order valence-electron chi connectivity index (χ1n) is 6.45. The summed E-state index contributed by atoms with van der Waals surface area (Å²) >= 11 is 3.59. The van der Waals surface area contributed by atoms with Crippen LogP contribution in [-0.2, 0) is 6.42 Å². The molecule has 1 atom stereocenters. The van der Waals surface area contributed by atoms with E-state index in [4.69, 9.17) is 0 Å². The van der Waals surface area contributed by atoms with Gasteiger partial charge in [0.05, 0.1) is 0 Å². The summed E-state index contributed by atoms with van der Waals surface area (Å²) in [6.07, 6.45) is 6.49. The van der Waals surface area contributed by atoms with Crippen molar-refractivity contribution in [2.45, 2.75) is 32.6 Å². The van der Waals surface area contributed by atoms with Crippen molar-refractivity contribution in [3.05, 3.63) is 18.1 Å². The second-order valence-electron chi connectivity index (χ2n) is 4.73. The SMILES string of the molecule is CCCc1cc(N2CCCC(CBr)C2)ncn1. The summed E-state index contributed by atoms with van der Waals surface area (Å²) in [4.78, 5) is 11.1. The second-order valence-corrected chi connectivity index (χ2v) is 5.37. The number of halogens is 1. The highest BCUT2D eigenvalue weighted by molar-refractivity contribution is 9.09. The monoisotopic (exact) mass is 297 g/mol. The Balaban J connectivity index is 2.07. The Morgan fingerprint density at radius 1 is 1.47 bits per heavy atom. The molecule has 0 radical (unpaired) electrons. The summed E-state index contributed by atoms with van der Waals surface area (Å²) in [6.45, 7) is 4.43. The van der Waals surface area contributed by atoms with Gasteiger partial charge in [0.2, 0.25) is 0 Å². The Morgan fingerprint density at radius 2 is 2.35 bits per heavy atom. The third kappa shape index (κ3) is 3.41. The molecular formula is C13H20BrN3. The van der Waals surface area contributed by atoms with Crippen LogP contribution in [0.2, 0.25) is 0 Å². The maximum absolute atomic E-state index is 4.41. The third-order valence-electron chi connectivity index (χ3n) is 3.28. The van der Waals surface area contributed by atoms with Gasteiger partial charge in [-0.15, -0.1) is 0 Å². The molecule has 1 fully saturated rings. The fourth-order valence-electron chi connectivity index (χ4n) is 2.35. The fourth-order valence-corrected chi connectivity index (χ4v) is 2.88. The molecule has 0 amide bonds. The van der Waals surface area contributed by atoms with Crippen LogP contribution in [0.25, 0.3) is 0 Å². The molecule has 1 aromatic rings. The van der Waals surface area contributed by atoms with Crippen molar-refractivity contribution < 1.29 is 0 Å². The molecule has 0 aliphatic carbocycles. The Kier molecular flexibility index (Phi) is 4.77. The van der Waals surface area contributed by atoms with Gasteiger partial charge in [0, 0.05) is 30.2 Å². The van der Waals surface area contributed by atoms with Crippen molar-refractivity contribution >= 4 is 21.7 Å². The van der Waals surface area contributed by atoms with E-state index in [-0.39, 0.29) is 0 Å². The topological polar surface area (TPSA) is 29.0 Å². The minimum atomic E-state index is 0.758. The third-order valence-corrected chi connectivity index (χ3v) is 4.19. The van der Waals surface area contributed by atoms with Crippen LogP contribution in [0.3, 0.4) is 0 Å². The van der Waals surface area contributed by atoms with E-state index in [1.54, 1.807) is 6.33 Å². The smallest absolute Gasteiger partial charge is 0.132 e. The summed E-state index contributed by atoms with van der Waals surface area (Å²) in [5.41, 5.74) is 1.17. The second kappa shape index (κ2) is 6.34. The van der Waals surface area contributed by atoms with Gasteiger partial charge in [0.25, 0.3) is 0 Å². The number of hydrogen-bond acceptors (Lipinski definition) is 3. The molecule has 1 saturated heterocycles. The first-order chi connectivity index (χ1) is 8.33. The maximum Gasteiger partial charge on any atom is 0.132 e. The van der Waals surface area contributed by atoms with Crippen LogP contribution in [0.15, 0.2) is 12.4 Å². The molecule has 17 heavy (non-hydrogen) atoms. The number of rotatable bonds is 4. The van der Waals surface area contributed by atoms with Crippen LogP contribution in [0.5, 0.6) is 0 Å². The molecule has 0 saturated carbocycles. The number of piperidine rings is 1. The van der Waals surface area contributed by atoms with E-state index in [9.17, 15) is 0 Å². The predicted octanol–water partition coefficient (Wildman–Crippen LogP) is 3.04. The van der Waals surface area contributed by atoms with E-state index in [2.05, 4.69) is 43.8 Å². The zero-order valence-electron chi connectivity index (χ0n) is 10.4. The lowest BCUT2D eigenvalue weighted by Gasteiger charge is -2.32. The minimum absolute atomic E-state index is 0.758. The number of anilines is 1. The van der Waals surface area contributed by atoms with E-state index >= 15 is 0 Å². The molecule has 2 heterocycles. The fraction of sp³-hybridized carbons (Fsp3) is 0.692. The summed E-state index contributed by atoms with van der Waals surface area (Å²) in [7, 11) is 0. The Bertz CT molecular complexity index is 356. The summed E-state index contributed by atoms with van der Waals surface area (Å²) < 4.78 is 0. The number of nitrogens with zero attached hydrogens (tertiary/aromatic N) is 3. The molecule has 4 heteroatoms. The number of hydrogen-bond donors (Lipinski definition) is 0. The van der Waals surface area contributed by atoms with E-state index in [0.29, 0.717) is 0 Å². The lowest BCUT2D eigenvalue weighted by molar-refractivity contribution is 0.452. The zero-order chi connectivity index (χ0) is 12.1. The molecule has 1 aliphatic heterocycles. The van der Waals surface area contributed by atoms with Crippen molar-refractivity contribution in [3.8, 4) is 0 Å². The molecule has 94 valence electrons. The minimum Gasteiger partial charge on any atom is -0.356 e. The van der Waals surface area contributed by atoms with Crippen LogP contribution in [0, 0.1) is 5.92 Å². The Labute approximate surface area is 112 Å². The predicted molar refractivity (Wildman–Crippen MR) is 74.8 cm³/mol. The van der Waals surface area contributed by atoms with Crippen molar-refractivity contribution in [1.29, 1.82) is 0 Å². The van der Waals surface area contributed by atoms with Gasteiger partial charge in [-0.3, -0.25) is 0 Å². The Morgan fingerprint density at radius 3 is 3.12 bits per heavy atom. The zero-order valence-corrected chi connectivity index (χ0v) is 12.0. The summed E-state index contributed by atoms with van der Waals surface area (Å²) in [6, 6.07) is 2.15. The summed E-state index contributed by atoms with van der Waals surface area (Å²) in [5.74, 6) is 1.86. The molecule has 1 aliphatic rings. The summed E-state index contributed by atoms with van der Waals surface area (Å²) in [5, 5.41) is 1.09. The molecule has 0 spiro atoms. The first kappa shape index (κ1) is 12.8. The molecule has 1 unspecified atom stereocenters. The van der Waals surface area contributed by atoms with E-state index < -0.39 is 0 Å². The highest BCUT2D eigenvalue weighted by atomic mass is 79.9. The van der Waals surface area contributed by atoms with Gasteiger partial charge in [0.1, 0.15) is 12.1 Å². The molecule has 0 aromatic carbocycles. The van der Waals surface area contributed by atoms with Gasteiger partial charge >= 0.3 is 0 Å². The van der Waals surface area contributed by atoms with Crippen molar-refractivity contribution in [2.24, 2.45) is 5.92 Å². The molecular weight excluding hydrogens is 278 g/mol. The van der Waals surface area contributed by atoms with Gasteiger partial charge in [-0.05, 0) is 25.2 Å². The van der Waals surface area contributed by atoms with E-state index in [1.165, 1.54) is 18.5 Å². The van der Waals surface area contributed by atoms with Gasteiger partial charge in [-0.2, -0.15) is 0 Å².